The Labute approximate surface area is 132 Å². The molecule has 8 heteroatoms. The molecule has 1 atom stereocenters. The number of non-ortho nitro benzene ring substituents is 1. The van der Waals surface area contributed by atoms with E-state index in [9.17, 15) is 14.7 Å². The zero-order valence-corrected chi connectivity index (χ0v) is 13.3. The van der Waals surface area contributed by atoms with Gasteiger partial charge >= 0.3 is 7.60 Å². The lowest BCUT2D eigenvalue weighted by atomic mass is 10.3. The summed E-state index contributed by atoms with van der Waals surface area (Å²) < 4.78 is 23.7. The lowest BCUT2D eigenvalue weighted by molar-refractivity contribution is -0.384. The summed E-state index contributed by atoms with van der Waals surface area (Å²) in [5.74, 6) is 0.211. The van der Waals surface area contributed by atoms with E-state index in [2.05, 4.69) is 0 Å². The first-order valence-electron chi connectivity index (χ1n) is 6.39. The molecule has 6 nitrogen and oxygen atoms in total. The number of nitro benzene ring substituents is 1. The maximum atomic E-state index is 12.9. The quantitative estimate of drug-likeness (QED) is 0.447. The normalized spacial score (nSPS) is 13.4. The SMILES string of the molecule is CCO[P@@](=O)(Oc1ccc([N+](=O)[O-])cc1)c1cccc(Cl)c1. The summed E-state index contributed by atoms with van der Waals surface area (Å²) >= 11 is 5.90. The summed E-state index contributed by atoms with van der Waals surface area (Å²) in [6.07, 6.45) is 0. The van der Waals surface area contributed by atoms with Gasteiger partial charge in [0, 0.05) is 17.2 Å². The van der Waals surface area contributed by atoms with Crippen LogP contribution in [0.5, 0.6) is 5.75 Å². The second-order valence-corrected chi connectivity index (χ2v) is 6.63. The van der Waals surface area contributed by atoms with Crippen LogP contribution in [0.3, 0.4) is 0 Å². The fourth-order valence-electron chi connectivity index (χ4n) is 1.74. The van der Waals surface area contributed by atoms with Gasteiger partial charge in [0.15, 0.2) is 0 Å². The fourth-order valence-corrected chi connectivity index (χ4v) is 3.62. The van der Waals surface area contributed by atoms with Crippen LogP contribution >= 0.6 is 19.2 Å². The number of hydrogen-bond acceptors (Lipinski definition) is 5. The number of nitro groups is 1. The van der Waals surface area contributed by atoms with Gasteiger partial charge in [0.1, 0.15) is 5.75 Å². The molecule has 22 heavy (non-hydrogen) atoms. The number of halogens is 1. The third-order valence-corrected chi connectivity index (χ3v) is 4.89. The topological polar surface area (TPSA) is 78.7 Å². The third-order valence-electron chi connectivity index (χ3n) is 2.70. The van der Waals surface area contributed by atoms with Gasteiger partial charge in [-0.3, -0.25) is 14.6 Å². The minimum atomic E-state index is -3.61. The molecule has 2 rings (SSSR count). The van der Waals surface area contributed by atoms with Crippen molar-refractivity contribution in [2.45, 2.75) is 6.92 Å². The van der Waals surface area contributed by atoms with Crippen LogP contribution in [0.25, 0.3) is 0 Å². The van der Waals surface area contributed by atoms with Crippen molar-refractivity contribution in [3.63, 3.8) is 0 Å². The molecule has 0 spiro atoms. The molecule has 0 aliphatic heterocycles. The zero-order chi connectivity index (χ0) is 16.2. The standard InChI is InChI=1S/C14H13ClNO5P/c1-2-20-22(19,14-5-3-4-11(15)10-14)21-13-8-6-12(7-9-13)16(17)18/h3-10H,2H2,1H3/t22-/m1/s1. The van der Waals surface area contributed by atoms with Gasteiger partial charge < -0.3 is 4.52 Å². The lowest BCUT2D eigenvalue weighted by Crippen LogP contribution is -2.12. The van der Waals surface area contributed by atoms with E-state index in [0.717, 1.165) is 0 Å². The van der Waals surface area contributed by atoms with E-state index in [1.54, 1.807) is 25.1 Å². The van der Waals surface area contributed by atoms with Gasteiger partial charge in [-0.2, -0.15) is 0 Å². The van der Waals surface area contributed by atoms with Crippen molar-refractivity contribution < 1.29 is 18.5 Å². The van der Waals surface area contributed by atoms with Crippen LogP contribution in [0.1, 0.15) is 6.92 Å². The highest BCUT2D eigenvalue weighted by Gasteiger charge is 2.29. The molecule has 0 unspecified atom stereocenters. The highest BCUT2D eigenvalue weighted by molar-refractivity contribution is 7.62. The molecule has 0 radical (unpaired) electrons. The molecule has 116 valence electrons. The Kier molecular flexibility index (Phi) is 5.19. The number of rotatable bonds is 6. The van der Waals surface area contributed by atoms with Crippen LogP contribution in [0.15, 0.2) is 48.5 Å². The molecule has 2 aromatic carbocycles. The summed E-state index contributed by atoms with van der Waals surface area (Å²) in [4.78, 5) is 10.1. The van der Waals surface area contributed by atoms with Crippen LogP contribution < -0.4 is 9.83 Å². The molecule has 0 aliphatic rings. The molecule has 0 heterocycles. The zero-order valence-electron chi connectivity index (χ0n) is 11.6. The Hall–Kier alpha value is -1.88. The Balaban J connectivity index is 2.32. The maximum absolute atomic E-state index is 12.9. The minimum Gasteiger partial charge on any atom is -0.421 e. The highest BCUT2D eigenvalue weighted by Crippen LogP contribution is 2.47. The molecule has 0 saturated heterocycles. The molecule has 0 bridgehead atoms. The predicted molar refractivity (Wildman–Crippen MR) is 84.0 cm³/mol. The van der Waals surface area contributed by atoms with E-state index in [0.29, 0.717) is 10.3 Å². The van der Waals surface area contributed by atoms with Crippen molar-refractivity contribution in [2.24, 2.45) is 0 Å². The first kappa shape index (κ1) is 16.5. The predicted octanol–water partition coefficient (Wildman–Crippen LogP) is 4.18. The van der Waals surface area contributed by atoms with Gasteiger partial charge in [-0.05, 0) is 37.3 Å². The Morgan fingerprint density at radius 3 is 2.45 bits per heavy atom. The molecular weight excluding hydrogens is 329 g/mol. The van der Waals surface area contributed by atoms with Gasteiger partial charge in [0.05, 0.1) is 16.8 Å². The molecule has 0 aromatic heterocycles. The molecule has 0 fully saturated rings. The van der Waals surface area contributed by atoms with E-state index in [1.165, 1.54) is 30.3 Å². The van der Waals surface area contributed by atoms with Crippen molar-refractivity contribution in [3.8, 4) is 5.75 Å². The molecular formula is C14H13ClNO5P. The first-order valence-corrected chi connectivity index (χ1v) is 8.31. The highest BCUT2D eigenvalue weighted by atomic mass is 35.5. The smallest absolute Gasteiger partial charge is 0.410 e. The van der Waals surface area contributed by atoms with Crippen molar-refractivity contribution in [1.82, 2.24) is 0 Å². The Bertz CT molecular complexity index is 719. The number of benzene rings is 2. The van der Waals surface area contributed by atoms with Crippen LogP contribution in [0.4, 0.5) is 5.69 Å². The third kappa shape index (κ3) is 3.85. The number of nitrogens with zero attached hydrogens (tertiary/aromatic N) is 1. The van der Waals surface area contributed by atoms with Gasteiger partial charge in [0.25, 0.3) is 5.69 Å². The second kappa shape index (κ2) is 6.92. The molecule has 2 aromatic rings. The second-order valence-electron chi connectivity index (χ2n) is 4.24. The lowest BCUT2D eigenvalue weighted by Gasteiger charge is -2.19. The van der Waals surface area contributed by atoms with Gasteiger partial charge in [0.2, 0.25) is 0 Å². The molecule has 0 saturated carbocycles. The van der Waals surface area contributed by atoms with Crippen LogP contribution in [-0.2, 0) is 9.09 Å². The van der Waals surface area contributed by atoms with E-state index < -0.39 is 12.5 Å². The van der Waals surface area contributed by atoms with Crippen LogP contribution in [0, 0.1) is 10.1 Å². The summed E-state index contributed by atoms with van der Waals surface area (Å²) in [6, 6.07) is 11.7. The van der Waals surface area contributed by atoms with Gasteiger partial charge in [-0.1, -0.05) is 17.7 Å². The van der Waals surface area contributed by atoms with Crippen molar-refractivity contribution in [1.29, 1.82) is 0 Å². The van der Waals surface area contributed by atoms with Crippen molar-refractivity contribution in [2.75, 3.05) is 6.61 Å². The average Bonchev–Trinajstić information content (AvgIpc) is 2.48. The maximum Gasteiger partial charge on any atom is 0.410 e. The summed E-state index contributed by atoms with van der Waals surface area (Å²) in [7, 11) is -3.61. The first-order chi connectivity index (χ1) is 10.4. The Morgan fingerprint density at radius 2 is 1.91 bits per heavy atom. The van der Waals surface area contributed by atoms with E-state index in [1.807, 2.05) is 0 Å². The van der Waals surface area contributed by atoms with Gasteiger partial charge in [-0.15, -0.1) is 0 Å². The summed E-state index contributed by atoms with van der Waals surface area (Å²) in [6.45, 7) is 1.87. The monoisotopic (exact) mass is 341 g/mol. The molecule has 0 aliphatic carbocycles. The fraction of sp³-hybridized carbons (Fsp3) is 0.143. The van der Waals surface area contributed by atoms with E-state index in [-0.39, 0.29) is 18.0 Å². The summed E-state index contributed by atoms with van der Waals surface area (Å²) in [5, 5.41) is 11.4. The Morgan fingerprint density at radius 1 is 1.23 bits per heavy atom. The largest absolute Gasteiger partial charge is 0.421 e. The molecule has 0 amide bonds. The van der Waals surface area contributed by atoms with Crippen molar-refractivity contribution in [3.05, 3.63) is 63.7 Å². The van der Waals surface area contributed by atoms with E-state index in [4.69, 9.17) is 20.6 Å². The summed E-state index contributed by atoms with van der Waals surface area (Å²) in [5.41, 5.74) is -0.0821. The molecule has 0 N–H and O–H groups in total. The van der Waals surface area contributed by atoms with Gasteiger partial charge in [-0.25, -0.2) is 4.57 Å². The van der Waals surface area contributed by atoms with Crippen LogP contribution in [-0.4, -0.2) is 11.5 Å². The van der Waals surface area contributed by atoms with E-state index >= 15 is 0 Å². The minimum absolute atomic E-state index is 0.0821. The average molecular weight is 342 g/mol. The van der Waals surface area contributed by atoms with Crippen molar-refractivity contribution >= 4 is 30.2 Å². The van der Waals surface area contributed by atoms with Crippen LogP contribution in [0.2, 0.25) is 5.02 Å². The number of hydrogen-bond donors (Lipinski definition) is 0.